The molecular formula is C22H26N4O4S2. The number of nitrogens with one attached hydrogen (secondary N) is 1. The molecule has 0 spiro atoms. The summed E-state index contributed by atoms with van der Waals surface area (Å²) in [6, 6.07) is 1.60. The molecule has 1 saturated heterocycles. The quantitative estimate of drug-likeness (QED) is 0.460. The number of esters is 1. The number of carbonyl (C=O) groups is 3. The van der Waals surface area contributed by atoms with E-state index in [1.54, 1.807) is 11.3 Å². The number of aliphatic imine (C=N–C) groups is 1. The Morgan fingerprint density at radius 2 is 2.22 bits per heavy atom. The molecule has 0 saturated carbocycles. The Kier molecular flexibility index (Phi) is 7.00. The van der Waals surface area contributed by atoms with Gasteiger partial charge in [-0.05, 0) is 47.6 Å². The standard InChI is InChI=1S/C22H26N4O4S2/c1-14-19(21(29)30-2)20(15-6-10-31-12-15)26-16(13-32-22(26)24-14)11-17(27)23-7-4-9-25-8-3-5-18(25)28/h6,10,12-13,20H,3-5,7-9,11H2,1-2H3,(H,23,27). The van der Waals surface area contributed by atoms with Crippen LogP contribution in [0, 0.1) is 0 Å². The number of nitrogens with zero attached hydrogens (tertiary/aromatic N) is 3. The second-order valence-electron chi connectivity index (χ2n) is 7.81. The summed E-state index contributed by atoms with van der Waals surface area (Å²) >= 11 is 3.01. The van der Waals surface area contributed by atoms with Crippen molar-refractivity contribution in [3.8, 4) is 0 Å². The fourth-order valence-corrected chi connectivity index (χ4v) is 5.79. The lowest BCUT2D eigenvalue weighted by Crippen LogP contribution is -2.38. The Morgan fingerprint density at radius 3 is 2.91 bits per heavy atom. The number of hydrogen-bond donors (Lipinski definition) is 1. The van der Waals surface area contributed by atoms with Crippen molar-refractivity contribution in [2.24, 2.45) is 4.99 Å². The van der Waals surface area contributed by atoms with E-state index in [9.17, 15) is 14.4 Å². The maximum Gasteiger partial charge on any atom is 0.338 e. The van der Waals surface area contributed by atoms with Gasteiger partial charge in [0, 0.05) is 31.8 Å². The number of likely N-dealkylation sites (tertiary alicyclic amines) is 1. The van der Waals surface area contributed by atoms with Gasteiger partial charge >= 0.3 is 5.97 Å². The molecule has 32 heavy (non-hydrogen) atoms. The molecule has 0 aromatic carbocycles. The van der Waals surface area contributed by atoms with Crippen LogP contribution in [0.5, 0.6) is 0 Å². The highest BCUT2D eigenvalue weighted by Gasteiger charge is 2.41. The van der Waals surface area contributed by atoms with Crippen molar-refractivity contribution in [1.82, 2.24) is 15.1 Å². The van der Waals surface area contributed by atoms with E-state index in [1.165, 1.54) is 18.9 Å². The maximum absolute atomic E-state index is 12.7. The van der Waals surface area contributed by atoms with E-state index in [1.807, 2.05) is 39.0 Å². The fraction of sp³-hybridized carbons (Fsp3) is 0.455. The van der Waals surface area contributed by atoms with E-state index in [0.29, 0.717) is 30.8 Å². The maximum atomic E-state index is 12.7. The molecule has 170 valence electrons. The number of amidine groups is 1. The molecule has 0 bridgehead atoms. The van der Waals surface area contributed by atoms with Gasteiger partial charge in [0.2, 0.25) is 11.8 Å². The highest BCUT2D eigenvalue weighted by atomic mass is 32.2. The summed E-state index contributed by atoms with van der Waals surface area (Å²) in [5, 5.41) is 9.60. The molecule has 1 aromatic heterocycles. The zero-order chi connectivity index (χ0) is 22.7. The van der Waals surface area contributed by atoms with Crippen LogP contribution in [0.15, 0.2) is 44.2 Å². The van der Waals surface area contributed by atoms with Gasteiger partial charge in [-0.1, -0.05) is 11.8 Å². The number of ether oxygens (including phenoxy) is 1. The van der Waals surface area contributed by atoms with Gasteiger partial charge in [0.15, 0.2) is 5.17 Å². The fourth-order valence-electron chi connectivity index (χ4n) is 4.15. The lowest BCUT2D eigenvalue weighted by atomic mass is 9.96. The minimum absolute atomic E-state index is 0.0965. The van der Waals surface area contributed by atoms with Gasteiger partial charge in [0.1, 0.15) is 0 Å². The number of fused-ring (bicyclic) bond motifs is 1. The van der Waals surface area contributed by atoms with Crippen molar-refractivity contribution in [2.45, 2.75) is 38.6 Å². The van der Waals surface area contributed by atoms with E-state index < -0.39 is 5.97 Å². The van der Waals surface area contributed by atoms with Crippen LogP contribution < -0.4 is 5.32 Å². The topological polar surface area (TPSA) is 91.3 Å². The molecule has 1 atom stereocenters. The first-order chi connectivity index (χ1) is 15.5. The smallest absolute Gasteiger partial charge is 0.338 e. The van der Waals surface area contributed by atoms with Crippen molar-refractivity contribution in [2.75, 3.05) is 26.7 Å². The summed E-state index contributed by atoms with van der Waals surface area (Å²) < 4.78 is 5.05. The van der Waals surface area contributed by atoms with Crippen LogP contribution in [0.25, 0.3) is 0 Å². The molecule has 10 heteroatoms. The largest absolute Gasteiger partial charge is 0.466 e. The lowest BCUT2D eigenvalue weighted by Gasteiger charge is -2.35. The molecule has 1 N–H and O–H groups in total. The molecule has 1 aromatic rings. The van der Waals surface area contributed by atoms with Crippen LogP contribution in [0.2, 0.25) is 0 Å². The van der Waals surface area contributed by atoms with Crippen LogP contribution in [-0.4, -0.2) is 59.5 Å². The highest BCUT2D eigenvalue weighted by molar-refractivity contribution is 8.16. The molecule has 4 heterocycles. The summed E-state index contributed by atoms with van der Waals surface area (Å²) in [4.78, 5) is 45.4. The third-order valence-corrected chi connectivity index (χ3v) is 7.30. The SMILES string of the molecule is COC(=O)C1=C(C)N=C2SC=C(CC(=O)NCCCN3CCCC3=O)N2C1c1ccsc1. The summed E-state index contributed by atoms with van der Waals surface area (Å²) in [5.41, 5.74) is 2.87. The number of rotatable bonds is 8. The van der Waals surface area contributed by atoms with E-state index in [-0.39, 0.29) is 24.3 Å². The Labute approximate surface area is 195 Å². The summed E-state index contributed by atoms with van der Waals surface area (Å²) in [6.45, 7) is 3.82. The molecule has 2 amide bonds. The van der Waals surface area contributed by atoms with E-state index >= 15 is 0 Å². The average Bonchev–Trinajstić information content (AvgIpc) is 3.52. The molecule has 3 aliphatic rings. The third-order valence-electron chi connectivity index (χ3n) is 5.70. The van der Waals surface area contributed by atoms with Crippen molar-refractivity contribution < 1.29 is 19.1 Å². The van der Waals surface area contributed by atoms with Crippen LogP contribution in [0.1, 0.15) is 44.2 Å². The van der Waals surface area contributed by atoms with Crippen LogP contribution >= 0.6 is 23.1 Å². The zero-order valence-corrected chi connectivity index (χ0v) is 19.8. The Morgan fingerprint density at radius 1 is 1.38 bits per heavy atom. The number of hydrogen-bond acceptors (Lipinski definition) is 8. The summed E-state index contributed by atoms with van der Waals surface area (Å²) in [7, 11) is 1.37. The lowest BCUT2D eigenvalue weighted by molar-refractivity contribution is -0.136. The number of carbonyl (C=O) groups excluding carboxylic acids is 3. The molecular weight excluding hydrogens is 448 g/mol. The van der Waals surface area contributed by atoms with Crippen molar-refractivity contribution in [3.63, 3.8) is 0 Å². The zero-order valence-electron chi connectivity index (χ0n) is 18.1. The number of amides is 2. The number of methoxy groups -OCH3 is 1. The number of allylic oxidation sites excluding steroid dienone is 1. The van der Waals surface area contributed by atoms with Gasteiger partial charge < -0.3 is 19.9 Å². The van der Waals surface area contributed by atoms with Gasteiger partial charge in [-0.3, -0.25) is 9.59 Å². The van der Waals surface area contributed by atoms with E-state index in [4.69, 9.17) is 4.74 Å². The molecule has 0 aliphatic carbocycles. The third kappa shape index (κ3) is 4.61. The first-order valence-corrected chi connectivity index (χ1v) is 12.4. The minimum Gasteiger partial charge on any atom is -0.466 e. The Bertz CT molecular complexity index is 1000. The average molecular weight is 475 g/mol. The molecule has 0 radical (unpaired) electrons. The summed E-state index contributed by atoms with van der Waals surface area (Å²) in [5.74, 6) is -0.315. The van der Waals surface area contributed by atoms with Crippen LogP contribution in [0.3, 0.4) is 0 Å². The van der Waals surface area contributed by atoms with E-state index in [0.717, 1.165) is 35.8 Å². The van der Waals surface area contributed by atoms with Crippen molar-refractivity contribution >= 4 is 46.0 Å². The predicted molar refractivity (Wildman–Crippen MR) is 125 cm³/mol. The Balaban J connectivity index is 1.42. The molecule has 1 fully saturated rings. The van der Waals surface area contributed by atoms with Crippen LogP contribution in [-0.2, 0) is 19.1 Å². The number of thiophene rings is 1. The molecule has 8 nitrogen and oxygen atoms in total. The Hall–Kier alpha value is -2.59. The first-order valence-electron chi connectivity index (χ1n) is 10.6. The van der Waals surface area contributed by atoms with E-state index in [2.05, 4.69) is 10.3 Å². The molecule has 4 rings (SSSR count). The summed E-state index contributed by atoms with van der Waals surface area (Å²) in [6.07, 6.45) is 2.46. The van der Waals surface area contributed by atoms with Gasteiger partial charge in [-0.15, -0.1) is 0 Å². The first kappa shape index (κ1) is 22.6. The van der Waals surface area contributed by atoms with Crippen LogP contribution in [0.4, 0.5) is 0 Å². The van der Waals surface area contributed by atoms with Gasteiger partial charge in [0.05, 0.1) is 30.8 Å². The molecule has 1 unspecified atom stereocenters. The van der Waals surface area contributed by atoms with Gasteiger partial charge in [-0.2, -0.15) is 11.3 Å². The van der Waals surface area contributed by atoms with Gasteiger partial charge in [-0.25, -0.2) is 9.79 Å². The second-order valence-corrected chi connectivity index (χ2v) is 9.42. The van der Waals surface area contributed by atoms with Gasteiger partial charge in [0.25, 0.3) is 0 Å². The van der Waals surface area contributed by atoms with Crippen molar-refractivity contribution in [3.05, 3.63) is 44.8 Å². The van der Waals surface area contributed by atoms with Crippen molar-refractivity contribution in [1.29, 1.82) is 0 Å². The monoisotopic (exact) mass is 474 g/mol. The highest BCUT2D eigenvalue weighted by Crippen LogP contribution is 2.45. The molecule has 3 aliphatic heterocycles. The predicted octanol–water partition coefficient (Wildman–Crippen LogP) is 3.01. The normalized spacial score (nSPS) is 20.3. The second kappa shape index (κ2) is 9.91. The number of thioether (sulfide) groups is 1. The minimum atomic E-state index is -0.418.